The molecule has 0 unspecified atom stereocenters. The van der Waals surface area contributed by atoms with Gasteiger partial charge in [0, 0.05) is 28.8 Å². The Labute approximate surface area is 94.9 Å². The third-order valence-electron chi connectivity index (χ3n) is 2.50. The molecule has 2 aromatic rings. The van der Waals surface area contributed by atoms with Crippen molar-refractivity contribution in [3.63, 3.8) is 0 Å². The van der Waals surface area contributed by atoms with E-state index in [1.54, 1.807) is 13.8 Å². The molecule has 0 aliphatic heterocycles. The number of rotatable bonds is 3. The number of nitrogens with one attached hydrogen (secondary N) is 2. The zero-order chi connectivity index (χ0) is 11.8. The highest BCUT2D eigenvalue weighted by Crippen LogP contribution is 2.24. The normalized spacial score (nSPS) is 12.0. The Kier molecular flexibility index (Phi) is 2.62. The van der Waals surface area contributed by atoms with Crippen LogP contribution in [0.25, 0.3) is 10.9 Å². The second-order valence-electron chi connectivity index (χ2n) is 4.79. The number of H-pyrrole nitrogens is 1. The lowest BCUT2D eigenvalue weighted by atomic mass is 10.1. The number of aromatic amines is 1. The highest BCUT2D eigenvalue weighted by atomic mass is 19.1. The Hall–Kier alpha value is -1.51. The highest BCUT2D eigenvalue weighted by Gasteiger charge is 2.15. The molecular weight excluding hydrogens is 203 g/mol. The van der Waals surface area contributed by atoms with Crippen LogP contribution in [0.15, 0.2) is 24.3 Å². The summed E-state index contributed by atoms with van der Waals surface area (Å²) in [4.78, 5) is 3.26. The lowest BCUT2D eigenvalue weighted by molar-refractivity contribution is 0.235. The number of fused-ring (bicyclic) bond motifs is 1. The number of alkyl halides is 1. The number of aromatic nitrogens is 1. The molecule has 1 heterocycles. The molecule has 0 bridgehead atoms. The molecule has 86 valence electrons. The molecule has 2 nitrogen and oxygen atoms in total. The molecule has 0 aliphatic carbocycles. The van der Waals surface area contributed by atoms with E-state index in [0.717, 1.165) is 22.3 Å². The van der Waals surface area contributed by atoms with Gasteiger partial charge in [0.1, 0.15) is 5.67 Å². The molecule has 2 rings (SSSR count). The first-order valence-corrected chi connectivity index (χ1v) is 5.47. The van der Waals surface area contributed by atoms with E-state index in [4.69, 9.17) is 0 Å². The van der Waals surface area contributed by atoms with Gasteiger partial charge in [0.15, 0.2) is 0 Å². The van der Waals surface area contributed by atoms with E-state index in [2.05, 4.69) is 16.4 Å². The van der Waals surface area contributed by atoms with Crippen LogP contribution < -0.4 is 5.32 Å². The van der Waals surface area contributed by atoms with Crippen molar-refractivity contribution in [1.29, 1.82) is 0 Å². The van der Waals surface area contributed by atoms with Crippen LogP contribution in [-0.2, 0) is 0 Å². The molecule has 0 saturated carbocycles. The van der Waals surface area contributed by atoms with E-state index in [1.807, 2.05) is 25.1 Å². The molecule has 3 heteroatoms. The summed E-state index contributed by atoms with van der Waals surface area (Å²) in [5.74, 6) is 0. The summed E-state index contributed by atoms with van der Waals surface area (Å²) in [5, 5.41) is 4.26. The van der Waals surface area contributed by atoms with Gasteiger partial charge in [-0.1, -0.05) is 6.07 Å². The van der Waals surface area contributed by atoms with Crippen molar-refractivity contribution in [2.45, 2.75) is 26.4 Å². The van der Waals surface area contributed by atoms with Crippen molar-refractivity contribution >= 4 is 16.6 Å². The second-order valence-corrected chi connectivity index (χ2v) is 4.79. The van der Waals surface area contributed by atoms with Crippen LogP contribution in [0.1, 0.15) is 19.5 Å². The minimum Gasteiger partial charge on any atom is -0.381 e. The Morgan fingerprint density at radius 2 is 2.12 bits per heavy atom. The predicted molar refractivity (Wildman–Crippen MR) is 66.7 cm³/mol. The summed E-state index contributed by atoms with van der Waals surface area (Å²) in [7, 11) is 0. The minimum absolute atomic E-state index is 0.316. The van der Waals surface area contributed by atoms with Crippen LogP contribution in [0.2, 0.25) is 0 Å². The summed E-state index contributed by atoms with van der Waals surface area (Å²) < 4.78 is 13.4. The van der Waals surface area contributed by atoms with E-state index in [-0.39, 0.29) is 0 Å². The Morgan fingerprint density at radius 1 is 1.38 bits per heavy atom. The number of hydrogen-bond acceptors (Lipinski definition) is 1. The predicted octanol–water partition coefficient (Wildman–Crippen LogP) is 3.64. The van der Waals surface area contributed by atoms with Gasteiger partial charge in [0.25, 0.3) is 0 Å². The fraction of sp³-hybridized carbons (Fsp3) is 0.385. The quantitative estimate of drug-likeness (QED) is 0.812. The van der Waals surface area contributed by atoms with Gasteiger partial charge in [0.05, 0.1) is 0 Å². The average molecular weight is 220 g/mol. The third kappa shape index (κ3) is 2.35. The zero-order valence-electron chi connectivity index (χ0n) is 9.89. The van der Waals surface area contributed by atoms with Crippen LogP contribution >= 0.6 is 0 Å². The van der Waals surface area contributed by atoms with E-state index < -0.39 is 5.67 Å². The van der Waals surface area contributed by atoms with Gasteiger partial charge < -0.3 is 10.3 Å². The number of hydrogen-bond donors (Lipinski definition) is 2. The van der Waals surface area contributed by atoms with Gasteiger partial charge in [-0.25, -0.2) is 4.39 Å². The average Bonchev–Trinajstić information content (AvgIpc) is 2.54. The maximum Gasteiger partial charge on any atom is 0.122 e. The van der Waals surface area contributed by atoms with E-state index >= 15 is 0 Å². The van der Waals surface area contributed by atoms with E-state index in [9.17, 15) is 4.39 Å². The van der Waals surface area contributed by atoms with Crippen molar-refractivity contribution in [2.75, 3.05) is 11.9 Å². The van der Waals surface area contributed by atoms with Gasteiger partial charge >= 0.3 is 0 Å². The molecule has 1 aromatic carbocycles. The molecule has 16 heavy (non-hydrogen) atoms. The molecule has 0 aliphatic rings. The lowest BCUT2D eigenvalue weighted by Gasteiger charge is -2.16. The van der Waals surface area contributed by atoms with Crippen molar-refractivity contribution in [2.24, 2.45) is 0 Å². The number of anilines is 1. The van der Waals surface area contributed by atoms with Gasteiger partial charge in [0.2, 0.25) is 0 Å². The third-order valence-corrected chi connectivity index (χ3v) is 2.50. The lowest BCUT2D eigenvalue weighted by Crippen LogP contribution is -2.24. The van der Waals surface area contributed by atoms with Gasteiger partial charge in [-0.3, -0.25) is 0 Å². The maximum absolute atomic E-state index is 13.4. The Bertz CT molecular complexity index is 494. The maximum atomic E-state index is 13.4. The first-order valence-electron chi connectivity index (χ1n) is 5.47. The number of halogens is 1. The molecule has 1 aromatic heterocycles. The molecule has 0 spiro atoms. The summed E-state index contributed by atoms with van der Waals surface area (Å²) in [6, 6.07) is 8.03. The smallest absolute Gasteiger partial charge is 0.122 e. The standard InChI is InChI=1S/C13H17FN2/c1-9-7-10-11(15-8-13(2,3)14)5-4-6-12(10)16-9/h4-7,15-16H,8H2,1-3H3. The minimum atomic E-state index is -1.20. The molecule has 0 fully saturated rings. The summed E-state index contributed by atoms with van der Waals surface area (Å²) in [6.45, 7) is 5.48. The Morgan fingerprint density at radius 3 is 2.81 bits per heavy atom. The second kappa shape index (κ2) is 3.81. The summed E-state index contributed by atoms with van der Waals surface area (Å²) >= 11 is 0. The van der Waals surface area contributed by atoms with Crippen molar-refractivity contribution in [1.82, 2.24) is 4.98 Å². The first-order chi connectivity index (χ1) is 7.46. The van der Waals surface area contributed by atoms with Gasteiger partial charge in [-0.05, 0) is 39.0 Å². The van der Waals surface area contributed by atoms with Gasteiger partial charge in [-0.2, -0.15) is 0 Å². The van der Waals surface area contributed by atoms with Crippen LogP contribution in [0.4, 0.5) is 10.1 Å². The fourth-order valence-corrected chi connectivity index (χ4v) is 1.75. The molecular formula is C13H17FN2. The topological polar surface area (TPSA) is 27.8 Å². The van der Waals surface area contributed by atoms with E-state index in [1.165, 1.54) is 0 Å². The molecule has 0 amide bonds. The van der Waals surface area contributed by atoms with Crippen LogP contribution in [0, 0.1) is 6.92 Å². The van der Waals surface area contributed by atoms with E-state index in [0.29, 0.717) is 6.54 Å². The Balaban J connectivity index is 2.30. The summed E-state index contributed by atoms with van der Waals surface area (Å²) in [6.07, 6.45) is 0. The van der Waals surface area contributed by atoms with Gasteiger partial charge in [-0.15, -0.1) is 0 Å². The molecule has 0 atom stereocenters. The van der Waals surface area contributed by atoms with Crippen molar-refractivity contribution < 1.29 is 4.39 Å². The van der Waals surface area contributed by atoms with Crippen LogP contribution in [0.3, 0.4) is 0 Å². The van der Waals surface area contributed by atoms with Crippen molar-refractivity contribution in [3.8, 4) is 0 Å². The number of benzene rings is 1. The highest BCUT2D eigenvalue weighted by molar-refractivity contribution is 5.92. The van der Waals surface area contributed by atoms with Crippen LogP contribution in [-0.4, -0.2) is 17.2 Å². The molecule has 2 N–H and O–H groups in total. The monoisotopic (exact) mass is 220 g/mol. The number of aryl methyl sites for hydroxylation is 1. The molecule has 0 saturated heterocycles. The largest absolute Gasteiger partial charge is 0.381 e. The first kappa shape index (κ1) is 11.0. The SMILES string of the molecule is Cc1cc2c(NCC(C)(C)F)cccc2[nH]1. The van der Waals surface area contributed by atoms with Crippen molar-refractivity contribution in [3.05, 3.63) is 30.0 Å². The molecule has 0 radical (unpaired) electrons. The zero-order valence-corrected chi connectivity index (χ0v) is 9.89. The fourth-order valence-electron chi connectivity index (χ4n) is 1.75. The summed E-state index contributed by atoms with van der Waals surface area (Å²) in [5.41, 5.74) is 1.98. The van der Waals surface area contributed by atoms with Crippen LogP contribution in [0.5, 0.6) is 0 Å².